The van der Waals surface area contributed by atoms with E-state index in [1.165, 1.54) is 28.0 Å². The summed E-state index contributed by atoms with van der Waals surface area (Å²) in [4.78, 5) is 7.07. The van der Waals surface area contributed by atoms with Gasteiger partial charge in [-0.25, -0.2) is 0 Å². The van der Waals surface area contributed by atoms with E-state index in [-0.39, 0.29) is 6.04 Å². The Bertz CT molecular complexity index is 1180. The molecule has 1 atom stereocenters. The molecule has 1 aliphatic heterocycles. The first-order chi connectivity index (χ1) is 15.4. The Hall–Kier alpha value is -3.91. The molecule has 0 bridgehead atoms. The van der Waals surface area contributed by atoms with Crippen LogP contribution in [0.4, 0.5) is 0 Å². The van der Waals surface area contributed by atoms with E-state index < -0.39 is 0 Å². The molecule has 0 radical (unpaired) electrons. The van der Waals surface area contributed by atoms with Gasteiger partial charge in [-0.2, -0.15) is 0 Å². The van der Waals surface area contributed by atoms with E-state index in [1.807, 2.05) is 12.3 Å². The third kappa shape index (κ3) is 4.19. The Labute approximate surface area is 183 Å². The van der Waals surface area contributed by atoms with E-state index in [0.717, 1.165) is 12.2 Å². The lowest BCUT2D eigenvalue weighted by Gasteiger charge is -2.38. The number of rotatable bonds is 5. The summed E-state index contributed by atoms with van der Waals surface area (Å²) >= 11 is 0. The first-order valence-corrected chi connectivity index (χ1v) is 10.6. The molecule has 0 N–H and O–H groups in total. The molecule has 4 aromatic rings. The average Bonchev–Trinajstić information content (AvgIpc) is 2.86. The zero-order valence-corrected chi connectivity index (χ0v) is 17.3. The van der Waals surface area contributed by atoms with Crippen LogP contribution in [-0.4, -0.2) is 9.88 Å². The molecule has 3 aromatic carbocycles. The molecule has 2 heterocycles. The van der Waals surface area contributed by atoms with Gasteiger partial charge < -0.3 is 4.90 Å². The van der Waals surface area contributed by atoms with Gasteiger partial charge in [0.25, 0.3) is 0 Å². The van der Waals surface area contributed by atoms with Crippen LogP contribution in [0.1, 0.15) is 28.4 Å². The fourth-order valence-electron chi connectivity index (χ4n) is 4.13. The highest BCUT2D eigenvalue weighted by Gasteiger charge is 2.27. The van der Waals surface area contributed by atoms with Crippen LogP contribution in [-0.2, 0) is 6.54 Å². The molecule has 1 unspecified atom stereocenters. The smallest absolute Gasteiger partial charge is 0.0740 e. The van der Waals surface area contributed by atoms with Crippen molar-refractivity contribution in [2.24, 2.45) is 0 Å². The topological polar surface area (TPSA) is 16.1 Å². The third-order valence-corrected chi connectivity index (χ3v) is 5.65. The molecule has 0 aliphatic carbocycles. The minimum Gasteiger partial charge on any atom is -0.355 e. The molecule has 0 saturated heterocycles. The quantitative estimate of drug-likeness (QED) is 0.368. The van der Waals surface area contributed by atoms with Crippen LogP contribution in [0.15, 0.2) is 128 Å². The van der Waals surface area contributed by atoms with E-state index in [2.05, 4.69) is 125 Å². The Morgan fingerprint density at radius 1 is 0.645 bits per heavy atom. The molecule has 0 fully saturated rings. The van der Waals surface area contributed by atoms with Crippen molar-refractivity contribution in [3.05, 3.63) is 150 Å². The molecule has 5 rings (SSSR count). The molecule has 1 aliphatic rings. The predicted molar refractivity (Wildman–Crippen MR) is 128 cm³/mol. The standard InChI is InChI=1S/C29H24N2/c1-4-12-23(13-5-1)26-20-28(24-14-6-2-7-15-24)31(22-27-18-10-11-19-30-27)29(21-26)25-16-8-3-9-17-25/h1-21,28H,22H2. The zero-order valence-electron chi connectivity index (χ0n) is 17.3. The summed E-state index contributed by atoms with van der Waals surface area (Å²) < 4.78 is 0. The predicted octanol–water partition coefficient (Wildman–Crippen LogP) is 6.76. The molecule has 1 aromatic heterocycles. The average molecular weight is 401 g/mol. The Balaban J connectivity index is 1.67. The van der Waals surface area contributed by atoms with Crippen molar-refractivity contribution >= 4 is 11.3 Å². The maximum Gasteiger partial charge on any atom is 0.0740 e. The molecule has 2 nitrogen and oxygen atoms in total. The summed E-state index contributed by atoms with van der Waals surface area (Å²) in [6.45, 7) is 0.736. The molecule has 0 amide bonds. The maximum absolute atomic E-state index is 4.62. The Kier molecular flexibility index (Phi) is 5.44. The first kappa shape index (κ1) is 19.1. The summed E-state index contributed by atoms with van der Waals surface area (Å²) in [5, 5.41) is 0. The lowest BCUT2D eigenvalue weighted by Crippen LogP contribution is -2.29. The van der Waals surface area contributed by atoms with Gasteiger partial charge in [-0.05, 0) is 46.5 Å². The summed E-state index contributed by atoms with van der Waals surface area (Å²) in [7, 11) is 0. The van der Waals surface area contributed by atoms with Crippen LogP contribution in [0.25, 0.3) is 11.3 Å². The number of allylic oxidation sites excluding steroid dienone is 2. The zero-order chi connectivity index (χ0) is 20.9. The molecule has 0 saturated carbocycles. The summed E-state index contributed by atoms with van der Waals surface area (Å²) in [5.74, 6) is 0. The van der Waals surface area contributed by atoms with Gasteiger partial charge in [0, 0.05) is 11.9 Å². The van der Waals surface area contributed by atoms with E-state index in [0.29, 0.717) is 0 Å². The fraction of sp³-hybridized carbons (Fsp3) is 0.0690. The van der Waals surface area contributed by atoms with Gasteiger partial charge in [0.1, 0.15) is 0 Å². The molecular formula is C29H24N2. The SMILES string of the molecule is C1=C(c2ccccc2)C=C(c2ccccc2)N(Cc2ccccn2)C1c1ccccc1. The number of aromatic nitrogens is 1. The lowest BCUT2D eigenvalue weighted by atomic mass is 9.91. The minimum absolute atomic E-state index is 0.110. The number of nitrogens with zero attached hydrogens (tertiary/aromatic N) is 2. The highest BCUT2D eigenvalue weighted by Crippen LogP contribution is 2.40. The van der Waals surface area contributed by atoms with Gasteiger partial charge >= 0.3 is 0 Å². The summed E-state index contributed by atoms with van der Waals surface area (Å²) in [6, 6.07) is 38.2. The lowest BCUT2D eigenvalue weighted by molar-refractivity contribution is 0.331. The monoisotopic (exact) mass is 400 g/mol. The van der Waals surface area contributed by atoms with Gasteiger partial charge in [0.2, 0.25) is 0 Å². The van der Waals surface area contributed by atoms with Crippen molar-refractivity contribution in [2.75, 3.05) is 0 Å². The third-order valence-electron chi connectivity index (χ3n) is 5.65. The first-order valence-electron chi connectivity index (χ1n) is 10.6. The van der Waals surface area contributed by atoms with Crippen LogP contribution in [0, 0.1) is 0 Å². The number of pyridine rings is 1. The molecule has 31 heavy (non-hydrogen) atoms. The minimum atomic E-state index is 0.110. The second-order valence-electron chi connectivity index (χ2n) is 7.69. The van der Waals surface area contributed by atoms with E-state index in [4.69, 9.17) is 0 Å². The number of hydrogen-bond donors (Lipinski definition) is 0. The van der Waals surface area contributed by atoms with Crippen LogP contribution in [0.2, 0.25) is 0 Å². The summed E-state index contributed by atoms with van der Waals surface area (Å²) in [6.07, 6.45) is 6.56. The Morgan fingerprint density at radius 2 is 1.26 bits per heavy atom. The highest BCUT2D eigenvalue weighted by molar-refractivity contribution is 5.86. The van der Waals surface area contributed by atoms with Crippen molar-refractivity contribution in [3.8, 4) is 0 Å². The van der Waals surface area contributed by atoms with Gasteiger partial charge in [-0.15, -0.1) is 0 Å². The fourth-order valence-corrected chi connectivity index (χ4v) is 4.13. The van der Waals surface area contributed by atoms with Gasteiger partial charge in [0.15, 0.2) is 0 Å². The van der Waals surface area contributed by atoms with Gasteiger partial charge in [-0.1, -0.05) is 97.1 Å². The number of hydrogen-bond acceptors (Lipinski definition) is 2. The van der Waals surface area contributed by atoms with E-state index in [9.17, 15) is 0 Å². The van der Waals surface area contributed by atoms with Gasteiger partial charge in [0.05, 0.1) is 18.3 Å². The second-order valence-corrected chi connectivity index (χ2v) is 7.69. The van der Waals surface area contributed by atoms with E-state index in [1.54, 1.807) is 0 Å². The van der Waals surface area contributed by atoms with Crippen molar-refractivity contribution in [2.45, 2.75) is 12.6 Å². The van der Waals surface area contributed by atoms with Crippen LogP contribution < -0.4 is 0 Å². The highest BCUT2D eigenvalue weighted by atomic mass is 15.2. The van der Waals surface area contributed by atoms with Crippen molar-refractivity contribution in [1.82, 2.24) is 9.88 Å². The van der Waals surface area contributed by atoms with E-state index >= 15 is 0 Å². The second kappa shape index (κ2) is 8.85. The molecule has 150 valence electrons. The molecule has 0 spiro atoms. The van der Waals surface area contributed by atoms with Crippen LogP contribution in [0.5, 0.6) is 0 Å². The number of benzene rings is 3. The molecular weight excluding hydrogens is 376 g/mol. The van der Waals surface area contributed by atoms with Crippen LogP contribution >= 0.6 is 0 Å². The summed E-state index contributed by atoms with van der Waals surface area (Å²) in [5.41, 5.74) is 7.22. The Morgan fingerprint density at radius 3 is 1.90 bits per heavy atom. The van der Waals surface area contributed by atoms with Gasteiger partial charge in [-0.3, -0.25) is 4.98 Å². The van der Waals surface area contributed by atoms with Crippen molar-refractivity contribution in [1.29, 1.82) is 0 Å². The maximum atomic E-state index is 4.62. The molecule has 2 heteroatoms. The van der Waals surface area contributed by atoms with Crippen LogP contribution in [0.3, 0.4) is 0 Å². The largest absolute Gasteiger partial charge is 0.355 e. The normalized spacial score (nSPS) is 15.9. The van der Waals surface area contributed by atoms with Crippen molar-refractivity contribution < 1.29 is 0 Å². The van der Waals surface area contributed by atoms with Crippen molar-refractivity contribution in [3.63, 3.8) is 0 Å².